The molecule has 3 nitrogen and oxygen atoms in total. The van der Waals surface area contributed by atoms with Crippen molar-refractivity contribution in [3.05, 3.63) is 51.2 Å². The predicted octanol–water partition coefficient (Wildman–Crippen LogP) is 3.74. The molecule has 2 aromatic rings. The molecule has 0 aliphatic rings. The first-order valence-corrected chi connectivity index (χ1v) is 7.14. The van der Waals surface area contributed by atoms with Crippen molar-refractivity contribution in [1.82, 2.24) is 4.57 Å². The van der Waals surface area contributed by atoms with Crippen LogP contribution >= 0.6 is 15.9 Å². The Morgan fingerprint density at radius 3 is 2.50 bits per heavy atom. The third-order valence-electron chi connectivity index (χ3n) is 2.81. The number of ether oxygens (including phenoxy) is 1. The van der Waals surface area contributed by atoms with Crippen LogP contribution < -0.4 is 10.3 Å². The second kappa shape index (κ2) is 8.89. The largest absolute Gasteiger partial charge is 0.494 e. The van der Waals surface area contributed by atoms with Crippen molar-refractivity contribution >= 4 is 15.9 Å². The number of hydrogen-bond acceptors (Lipinski definition) is 2. The number of hydrogen-bond donors (Lipinski definition) is 0. The number of pyridine rings is 1. The summed E-state index contributed by atoms with van der Waals surface area (Å²) in [4.78, 5) is 12.0. The van der Waals surface area contributed by atoms with Crippen molar-refractivity contribution in [3.8, 4) is 17.0 Å². The van der Waals surface area contributed by atoms with Gasteiger partial charge in [0.1, 0.15) is 5.75 Å². The summed E-state index contributed by atoms with van der Waals surface area (Å²) in [5.41, 5.74) is 0.452. The van der Waals surface area contributed by atoms with Gasteiger partial charge in [-0.2, -0.15) is 12.1 Å². The molecule has 115 valence electrons. The molecule has 0 fully saturated rings. The van der Waals surface area contributed by atoms with Crippen LogP contribution in [0.25, 0.3) is 11.3 Å². The van der Waals surface area contributed by atoms with Gasteiger partial charge in [-0.3, -0.25) is 4.79 Å². The van der Waals surface area contributed by atoms with Gasteiger partial charge in [0.25, 0.3) is 6.43 Å². The van der Waals surface area contributed by atoms with Crippen molar-refractivity contribution < 1.29 is 46.2 Å². The molecule has 0 saturated carbocycles. The molecule has 1 aromatic heterocycles. The van der Waals surface area contributed by atoms with Gasteiger partial charge >= 0.3 is 0 Å². The molecule has 0 aliphatic heterocycles. The van der Waals surface area contributed by atoms with E-state index in [-0.39, 0.29) is 37.2 Å². The zero-order chi connectivity index (χ0) is 15.4. The zero-order valence-corrected chi connectivity index (χ0v) is 16.3. The quantitative estimate of drug-likeness (QED) is 0.656. The van der Waals surface area contributed by atoms with Crippen molar-refractivity contribution in [3.63, 3.8) is 0 Å². The molecule has 1 radical (unpaired) electrons. The van der Waals surface area contributed by atoms with Gasteiger partial charge < -0.3 is 9.30 Å². The van der Waals surface area contributed by atoms with Gasteiger partial charge in [0.2, 0.25) is 5.56 Å². The molecule has 2 rings (SSSR count). The summed E-state index contributed by atoms with van der Waals surface area (Å²) in [6.45, 7) is 1.74. The van der Waals surface area contributed by atoms with Crippen LogP contribution in [0.3, 0.4) is 0 Å². The SMILES string of the molecule is CCOc1ccc(-c2[c-]cc(Br)c(=O)n2CC(F)F)cc1.[Y]. The smallest absolute Gasteiger partial charge is 0.256 e. The average Bonchev–Trinajstić information content (AvgIpc) is 2.45. The van der Waals surface area contributed by atoms with E-state index in [1.165, 1.54) is 6.07 Å². The molecular weight excluding hydrogens is 433 g/mol. The Morgan fingerprint density at radius 1 is 1.32 bits per heavy atom. The second-order valence-electron chi connectivity index (χ2n) is 4.25. The third-order valence-corrected chi connectivity index (χ3v) is 3.38. The van der Waals surface area contributed by atoms with Crippen molar-refractivity contribution in [2.24, 2.45) is 0 Å². The van der Waals surface area contributed by atoms with Crippen LogP contribution in [0.15, 0.2) is 39.6 Å². The van der Waals surface area contributed by atoms with E-state index in [4.69, 9.17) is 4.74 Å². The van der Waals surface area contributed by atoms with Crippen molar-refractivity contribution in [1.29, 1.82) is 0 Å². The third kappa shape index (κ3) is 4.70. The standard InChI is InChI=1S/C15H13BrF2NO2.Y/c1-2-21-11-5-3-10(4-6-11)13-8-7-12(16)15(20)19(13)9-14(17)18;/h3-7,14H,2,9H2,1H3;/q-1;. The minimum Gasteiger partial charge on any atom is -0.494 e. The molecule has 7 heteroatoms. The first-order chi connectivity index (χ1) is 10.0. The second-order valence-corrected chi connectivity index (χ2v) is 5.10. The van der Waals surface area contributed by atoms with E-state index in [9.17, 15) is 13.6 Å². The summed E-state index contributed by atoms with van der Waals surface area (Å²) in [5.74, 6) is 0.682. The Kier molecular flexibility index (Phi) is 7.87. The van der Waals surface area contributed by atoms with Crippen LogP contribution in [0.1, 0.15) is 6.92 Å². The number of aromatic nitrogens is 1. The minimum atomic E-state index is -2.62. The molecule has 0 bridgehead atoms. The van der Waals surface area contributed by atoms with Crippen LogP contribution in [0.5, 0.6) is 5.75 Å². The molecule has 0 saturated heterocycles. The maximum absolute atomic E-state index is 12.7. The first-order valence-electron chi connectivity index (χ1n) is 6.35. The number of rotatable bonds is 5. The normalized spacial score (nSPS) is 10.4. The Morgan fingerprint density at radius 2 is 1.95 bits per heavy atom. The first kappa shape index (κ1) is 19.5. The van der Waals surface area contributed by atoms with Gasteiger partial charge in [0, 0.05) is 32.7 Å². The molecule has 0 aliphatic carbocycles. The summed E-state index contributed by atoms with van der Waals surface area (Å²) in [5, 5.41) is 0. The maximum atomic E-state index is 12.7. The fourth-order valence-electron chi connectivity index (χ4n) is 1.93. The van der Waals surface area contributed by atoms with Crippen LogP contribution in [-0.2, 0) is 39.3 Å². The van der Waals surface area contributed by atoms with Crippen molar-refractivity contribution in [2.45, 2.75) is 19.9 Å². The summed E-state index contributed by atoms with van der Waals surface area (Å²) in [6, 6.07) is 11.2. The number of nitrogens with zero attached hydrogens (tertiary/aromatic N) is 1. The van der Waals surface area contributed by atoms with E-state index in [0.29, 0.717) is 23.6 Å². The van der Waals surface area contributed by atoms with E-state index in [2.05, 4.69) is 22.0 Å². The summed E-state index contributed by atoms with van der Waals surface area (Å²) >= 11 is 3.05. The Balaban J connectivity index is 0.00000242. The summed E-state index contributed by atoms with van der Waals surface area (Å²) in [7, 11) is 0. The van der Waals surface area contributed by atoms with E-state index in [1.54, 1.807) is 24.3 Å². The van der Waals surface area contributed by atoms with Crippen LogP contribution in [0.2, 0.25) is 0 Å². The van der Waals surface area contributed by atoms with E-state index in [1.807, 2.05) is 6.92 Å². The monoisotopic (exact) mass is 445 g/mol. The summed E-state index contributed by atoms with van der Waals surface area (Å²) < 4.78 is 31.9. The predicted molar refractivity (Wildman–Crippen MR) is 79.8 cm³/mol. The van der Waals surface area contributed by atoms with Gasteiger partial charge in [-0.15, -0.1) is 28.1 Å². The molecule has 1 aromatic carbocycles. The average molecular weight is 446 g/mol. The van der Waals surface area contributed by atoms with Crippen LogP contribution in [0.4, 0.5) is 8.78 Å². The Labute approximate surface area is 160 Å². The van der Waals surface area contributed by atoms with E-state index in [0.717, 1.165) is 4.57 Å². The molecule has 0 amide bonds. The molecule has 0 N–H and O–H groups in total. The topological polar surface area (TPSA) is 31.2 Å². The van der Waals surface area contributed by atoms with Gasteiger partial charge in [-0.1, -0.05) is 11.3 Å². The zero-order valence-electron chi connectivity index (χ0n) is 11.9. The molecule has 1 heterocycles. The number of halogens is 3. The molecule has 22 heavy (non-hydrogen) atoms. The van der Waals surface area contributed by atoms with E-state index >= 15 is 0 Å². The molecule has 0 unspecified atom stereocenters. The fraction of sp³-hybridized carbons (Fsp3) is 0.267. The van der Waals surface area contributed by atoms with Gasteiger partial charge in [0.15, 0.2) is 0 Å². The number of alkyl halides is 2. The van der Waals surface area contributed by atoms with Gasteiger partial charge in [-0.05, 0) is 23.5 Å². The van der Waals surface area contributed by atoms with Crippen molar-refractivity contribution in [2.75, 3.05) is 6.61 Å². The Hall–Kier alpha value is -0.586. The maximum Gasteiger partial charge on any atom is 0.256 e. The summed E-state index contributed by atoms with van der Waals surface area (Å²) in [6.07, 6.45) is -2.62. The van der Waals surface area contributed by atoms with Gasteiger partial charge in [-0.25, -0.2) is 8.78 Å². The molecule has 0 atom stereocenters. The minimum absolute atomic E-state index is 0. The number of benzene rings is 1. The van der Waals surface area contributed by atoms with Crippen LogP contribution in [0, 0.1) is 6.07 Å². The fourth-order valence-corrected chi connectivity index (χ4v) is 2.26. The van der Waals surface area contributed by atoms with Gasteiger partial charge in [0.05, 0.1) is 13.2 Å². The Bertz CT molecular complexity index is 674. The van der Waals surface area contributed by atoms with Crippen LogP contribution in [-0.4, -0.2) is 17.6 Å². The molecule has 0 spiro atoms. The molecular formula is C15H13BrF2NO2Y-. The van der Waals surface area contributed by atoms with E-state index < -0.39 is 18.5 Å².